The molecule has 0 aromatic carbocycles. The lowest BCUT2D eigenvalue weighted by Crippen LogP contribution is -2.17. The fourth-order valence-electron chi connectivity index (χ4n) is 3.03. The normalized spacial score (nSPS) is 33.2. The van der Waals surface area contributed by atoms with Crippen molar-refractivity contribution in [2.24, 2.45) is 11.8 Å². The first-order valence-electron chi connectivity index (χ1n) is 5.47. The predicted octanol–water partition coefficient (Wildman–Crippen LogP) is 2.11. The average Bonchev–Trinajstić information content (AvgIpc) is 2.28. The van der Waals surface area contributed by atoms with Crippen LogP contribution in [0.25, 0.3) is 0 Å². The molecule has 2 atom stereocenters. The summed E-state index contributed by atoms with van der Waals surface area (Å²) in [7, 11) is 0. The lowest BCUT2D eigenvalue weighted by Gasteiger charge is -2.29. The highest BCUT2D eigenvalue weighted by Crippen LogP contribution is 2.38. The van der Waals surface area contributed by atoms with Crippen molar-refractivity contribution in [3.05, 3.63) is 0 Å². The molecule has 0 spiro atoms. The van der Waals surface area contributed by atoms with Gasteiger partial charge in [-0.1, -0.05) is 57.8 Å². The molecule has 2 heteroatoms. The van der Waals surface area contributed by atoms with E-state index in [0.717, 1.165) is 11.8 Å². The second kappa shape index (κ2) is 6.39. The molecule has 0 aromatic heterocycles. The van der Waals surface area contributed by atoms with E-state index in [1.807, 2.05) is 0 Å². The van der Waals surface area contributed by atoms with E-state index in [4.69, 9.17) is 0 Å². The molecule has 0 aromatic rings. The number of hydrogen-bond acceptors (Lipinski definition) is 0. The summed E-state index contributed by atoms with van der Waals surface area (Å²) in [5.74, 6) is 2.29. The van der Waals surface area contributed by atoms with Crippen LogP contribution in [-0.2, 0) is 0 Å². The van der Waals surface area contributed by atoms with Crippen LogP contribution < -0.4 is 0 Å². The molecule has 2 saturated carbocycles. The summed E-state index contributed by atoms with van der Waals surface area (Å²) in [5, 5.41) is 0. The Hall–Kier alpha value is -0.0800. The van der Waals surface area contributed by atoms with Crippen LogP contribution in [0.2, 0.25) is 0 Å². The van der Waals surface area contributed by atoms with Crippen molar-refractivity contribution in [1.29, 1.82) is 0 Å². The summed E-state index contributed by atoms with van der Waals surface area (Å²) in [6.07, 6.45) is 13.9. The summed E-state index contributed by atoms with van der Waals surface area (Å²) in [6.45, 7) is 0. The van der Waals surface area contributed by atoms with Gasteiger partial charge in [-0.15, -0.1) is 0 Å². The number of hydrogen-bond donors (Lipinski definition) is 0. The second-order valence-electron chi connectivity index (χ2n) is 4.44. The molecule has 0 radical (unpaired) electrons. The smallest absolute Gasteiger partial charge is 0.0386 e. The van der Waals surface area contributed by atoms with Crippen LogP contribution in [0, 0.1) is 11.8 Å². The Kier molecular flexibility index (Phi) is 6.35. The van der Waals surface area contributed by atoms with Gasteiger partial charge >= 0.3 is 0 Å². The van der Waals surface area contributed by atoms with E-state index in [0.29, 0.717) is 0 Å². The molecule has 2 nitrogen and oxygen atoms in total. The van der Waals surface area contributed by atoms with E-state index >= 15 is 0 Å². The van der Waals surface area contributed by atoms with Crippen molar-refractivity contribution in [2.45, 2.75) is 57.8 Å². The van der Waals surface area contributed by atoms with Gasteiger partial charge in [0.05, 0.1) is 0 Å². The molecule has 2 unspecified atom stereocenters. The van der Waals surface area contributed by atoms with Gasteiger partial charge in [0.25, 0.3) is 0 Å². The Balaban J connectivity index is 0.000000720. The van der Waals surface area contributed by atoms with Gasteiger partial charge in [-0.3, -0.25) is 0 Å². The lowest BCUT2D eigenvalue weighted by molar-refractivity contribution is 0.224. The van der Waals surface area contributed by atoms with Gasteiger partial charge in [-0.05, 0) is 11.8 Å². The highest BCUT2D eigenvalue weighted by Gasteiger charge is 2.25. The third-order valence-corrected chi connectivity index (χ3v) is 3.72. The molecule has 2 rings (SSSR count). The second-order valence-corrected chi connectivity index (χ2v) is 4.44. The van der Waals surface area contributed by atoms with Gasteiger partial charge in [0.1, 0.15) is 0 Å². The van der Waals surface area contributed by atoms with Crippen molar-refractivity contribution in [2.75, 3.05) is 0 Å². The van der Waals surface area contributed by atoms with Gasteiger partial charge in [0.15, 0.2) is 0 Å². The fraction of sp³-hybridized carbons (Fsp3) is 1.00. The highest BCUT2D eigenvalue weighted by molar-refractivity contribution is 4.77. The molecular weight excluding hydrogens is 164 g/mol. The van der Waals surface area contributed by atoms with E-state index in [1.165, 1.54) is 32.1 Å². The Morgan fingerprint density at radius 2 is 0.769 bits per heavy atom. The van der Waals surface area contributed by atoms with Gasteiger partial charge in [-0.2, -0.15) is 0 Å². The van der Waals surface area contributed by atoms with Gasteiger partial charge in [0, 0.05) is 0 Å². The first-order chi connectivity index (χ1) is 5.47. The van der Waals surface area contributed by atoms with Gasteiger partial charge < -0.3 is 11.0 Å². The largest absolute Gasteiger partial charge is 0.412 e. The molecular formula is C11H24O2. The molecule has 80 valence electrons. The van der Waals surface area contributed by atoms with Crippen LogP contribution in [0.1, 0.15) is 57.8 Å². The summed E-state index contributed by atoms with van der Waals surface area (Å²) >= 11 is 0. The van der Waals surface area contributed by atoms with Crippen LogP contribution in [0.4, 0.5) is 0 Å². The molecule has 0 amide bonds. The van der Waals surface area contributed by atoms with Crippen LogP contribution in [0.3, 0.4) is 0 Å². The number of rotatable bonds is 0. The quantitative estimate of drug-likeness (QED) is 0.559. The van der Waals surface area contributed by atoms with Crippen LogP contribution in [0.5, 0.6) is 0 Å². The van der Waals surface area contributed by atoms with Crippen LogP contribution in [-0.4, -0.2) is 11.0 Å². The topological polar surface area (TPSA) is 63.0 Å². The Bertz CT molecular complexity index is 111. The zero-order valence-corrected chi connectivity index (χ0v) is 8.52. The van der Waals surface area contributed by atoms with E-state index in [2.05, 4.69) is 0 Å². The standard InChI is InChI=1S/C11H20.2H2O/c1-2-6-10-8-4-5-9-11(10)7-3-1;;/h10-11H,1-9H2;2*1H2. The molecule has 4 N–H and O–H groups in total. The molecule has 2 fully saturated rings. The summed E-state index contributed by atoms with van der Waals surface area (Å²) in [5.41, 5.74) is 0. The zero-order chi connectivity index (χ0) is 7.52. The van der Waals surface area contributed by atoms with Crippen molar-refractivity contribution in [3.8, 4) is 0 Å². The minimum Gasteiger partial charge on any atom is -0.412 e. The summed E-state index contributed by atoms with van der Waals surface area (Å²) in [6, 6.07) is 0. The Morgan fingerprint density at radius 1 is 0.462 bits per heavy atom. The molecule has 0 saturated heterocycles. The molecule has 0 bridgehead atoms. The molecule has 2 aliphatic carbocycles. The lowest BCUT2D eigenvalue weighted by atomic mass is 9.77. The molecule has 2 aliphatic rings. The van der Waals surface area contributed by atoms with Crippen molar-refractivity contribution >= 4 is 0 Å². The first-order valence-corrected chi connectivity index (χ1v) is 5.47. The third kappa shape index (κ3) is 3.28. The third-order valence-electron chi connectivity index (χ3n) is 3.72. The predicted molar refractivity (Wildman–Crippen MR) is 55.8 cm³/mol. The zero-order valence-electron chi connectivity index (χ0n) is 8.52. The van der Waals surface area contributed by atoms with Gasteiger partial charge in [-0.25, -0.2) is 0 Å². The summed E-state index contributed by atoms with van der Waals surface area (Å²) in [4.78, 5) is 0. The van der Waals surface area contributed by atoms with E-state index in [1.54, 1.807) is 25.7 Å². The SMILES string of the molecule is C1CCC2CCCCC2CC1.O.O. The maximum atomic E-state index is 1.56. The molecule has 0 heterocycles. The van der Waals surface area contributed by atoms with E-state index in [9.17, 15) is 0 Å². The highest BCUT2D eigenvalue weighted by atomic mass is 16.0. The van der Waals surface area contributed by atoms with Crippen molar-refractivity contribution in [3.63, 3.8) is 0 Å². The Morgan fingerprint density at radius 3 is 1.15 bits per heavy atom. The minimum atomic E-state index is 0. The fourth-order valence-corrected chi connectivity index (χ4v) is 3.03. The maximum Gasteiger partial charge on any atom is -0.0386 e. The average molecular weight is 188 g/mol. The van der Waals surface area contributed by atoms with E-state index in [-0.39, 0.29) is 11.0 Å². The van der Waals surface area contributed by atoms with Crippen LogP contribution >= 0.6 is 0 Å². The number of fused-ring (bicyclic) bond motifs is 1. The van der Waals surface area contributed by atoms with Crippen LogP contribution in [0.15, 0.2) is 0 Å². The van der Waals surface area contributed by atoms with Crippen molar-refractivity contribution < 1.29 is 11.0 Å². The maximum absolute atomic E-state index is 1.56. The summed E-state index contributed by atoms with van der Waals surface area (Å²) < 4.78 is 0. The molecule has 0 aliphatic heterocycles. The molecule has 13 heavy (non-hydrogen) atoms. The minimum absolute atomic E-state index is 0. The Labute approximate surface area is 81.3 Å². The van der Waals surface area contributed by atoms with Gasteiger partial charge in [0.2, 0.25) is 0 Å². The van der Waals surface area contributed by atoms with Crippen molar-refractivity contribution in [1.82, 2.24) is 0 Å². The van der Waals surface area contributed by atoms with E-state index < -0.39 is 0 Å². The monoisotopic (exact) mass is 188 g/mol. The first kappa shape index (κ1) is 12.9.